The number of hydrogen-bond donors (Lipinski definition) is 1. The SMILES string of the molecule is NCCc1ccc(OC2CCC(OCc3ccc(F)cc3)CC2)cc1-c1cccc(F)c1. The highest BCUT2D eigenvalue weighted by Gasteiger charge is 2.23. The zero-order valence-corrected chi connectivity index (χ0v) is 18.1. The second kappa shape index (κ2) is 10.7. The first-order valence-electron chi connectivity index (χ1n) is 11.2. The lowest BCUT2D eigenvalue weighted by Gasteiger charge is -2.29. The van der Waals surface area contributed by atoms with Crippen molar-refractivity contribution in [2.24, 2.45) is 5.73 Å². The van der Waals surface area contributed by atoms with E-state index in [1.54, 1.807) is 24.3 Å². The Hall–Kier alpha value is -2.76. The third-order valence-corrected chi connectivity index (χ3v) is 5.95. The van der Waals surface area contributed by atoms with Crippen LogP contribution in [-0.2, 0) is 17.8 Å². The highest BCUT2D eigenvalue weighted by atomic mass is 19.1. The molecule has 3 aromatic carbocycles. The third-order valence-electron chi connectivity index (χ3n) is 5.95. The van der Waals surface area contributed by atoms with Gasteiger partial charge in [0.15, 0.2) is 0 Å². The van der Waals surface area contributed by atoms with Crippen LogP contribution in [0.15, 0.2) is 66.7 Å². The van der Waals surface area contributed by atoms with Crippen molar-refractivity contribution in [1.82, 2.24) is 0 Å². The topological polar surface area (TPSA) is 44.5 Å². The van der Waals surface area contributed by atoms with E-state index >= 15 is 0 Å². The Labute approximate surface area is 188 Å². The monoisotopic (exact) mass is 437 g/mol. The predicted octanol–water partition coefficient (Wildman–Crippen LogP) is 6.04. The van der Waals surface area contributed by atoms with E-state index in [1.165, 1.54) is 18.2 Å². The van der Waals surface area contributed by atoms with Crippen molar-refractivity contribution in [3.05, 3.63) is 89.5 Å². The fraction of sp³-hybridized carbons (Fsp3) is 0.333. The van der Waals surface area contributed by atoms with E-state index in [2.05, 4.69) is 0 Å². The van der Waals surface area contributed by atoms with Crippen molar-refractivity contribution >= 4 is 0 Å². The highest BCUT2D eigenvalue weighted by molar-refractivity contribution is 5.69. The second-order valence-corrected chi connectivity index (χ2v) is 8.32. The van der Waals surface area contributed by atoms with Crippen LogP contribution >= 0.6 is 0 Å². The molecule has 1 aliphatic carbocycles. The van der Waals surface area contributed by atoms with Gasteiger partial charge in [0.25, 0.3) is 0 Å². The Bertz CT molecular complexity index is 1010. The average Bonchev–Trinajstić information content (AvgIpc) is 2.81. The highest BCUT2D eigenvalue weighted by Crippen LogP contribution is 2.32. The van der Waals surface area contributed by atoms with Gasteiger partial charge >= 0.3 is 0 Å². The fourth-order valence-corrected chi connectivity index (χ4v) is 4.23. The summed E-state index contributed by atoms with van der Waals surface area (Å²) in [6, 6.07) is 19.1. The molecular formula is C27H29F2NO2. The Balaban J connectivity index is 1.35. The molecule has 0 saturated heterocycles. The van der Waals surface area contributed by atoms with Crippen molar-refractivity contribution in [2.45, 2.75) is 50.9 Å². The van der Waals surface area contributed by atoms with E-state index in [4.69, 9.17) is 15.2 Å². The molecule has 3 aromatic rings. The zero-order valence-electron chi connectivity index (χ0n) is 18.1. The molecule has 0 aromatic heterocycles. The van der Waals surface area contributed by atoms with Crippen molar-refractivity contribution in [2.75, 3.05) is 6.54 Å². The Morgan fingerprint density at radius 1 is 0.812 bits per heavy atom. The van der Waals surface area contributed by atoms with Crippen LogP contribution in [0.1, 0.15) is 36.8 Å². The molecular weight excluding hydrogens is 408 g/mol. The van der Waals surface area contributed by atoms with Crippen LogP contribution in [0.5, 0.6) is 5.75 Å². The summed E-state index contributed by atoms with van der Waals surface area (Å²) in [7, 11) is 0. The minimum absolute atomic E-state index is 0.126. The van der Waals surface area contributed by atoms with Crippen LogP contribution in [0.4, 0.5) is 8.78 Å². The molecule has 0 unspecified atom stereocenters. The van der Waals surface area contributed by atoms with Gasteiger partial charge in [-0.05, 0) is 97.3 Å². The van der Waals surface area contributed by atoms with Gasteiger partial charge in [-0.1, -0.05) is 30.3 Å². The largest absolute Gasteiger partial charge is 0.490 e. The first kappa shape index (κ1) is 22.4. The van der Waals surface area contributed by atoms with Gasteiger partial charge in [0, 0.05) is 0 Å². The lowest BCUT2D eigenvalue weighted by Crippen LogP contribution is -2.28. The number of hydrogen-bond acceptors (Lipinski definition) is 3. The Morgan fingerprint density at radius 2 is 1.56 bits per heavy atom. The van der Waals surface area contributed by atoms with E-state index in [9.17, 15) is 8.78 Å². The summed E-state index contributed by atoms with van der Waals surface area (Å²) in [6.07, 6.45) is 4.71. The van der Waals surface area contributed by atoms with E-state index in [0.29, 0.717) is 13.2 Å². The quantitative estimate of drug-likeness (QED) is 0.467. The van der Waals surface area contributed by atoms with Gasteiger partial charge in [-0.15, -0.1) is 0 Å². The maximum absolute atomic E-state index is 13.8. The van der Waals surface area contributed by atoms with Gasteiger partial charge in [-0.2, -0.15) is 0 Å². The Kier molecular flexibility index (Phi) is 7.51. The molecule has 5 heteroatoms. The van der Waals surface area contributed by atoms with Crippen molar-refractivity contribution in [1.29, 1.82) is 0 Å². The van der Waals surface area contributed by atoms with Crippen LogP contribution in [-0.4, -0.2) is 18.8 Å². The predicted molar refractivity (Wildman–Crippen MR) is 122 cm³/mol. The van der Waals surface area contributed by atoms with Crippen LogP contribution in [0, 0.1) is 11.6 Å². The number of ether oxygens (including phenoxy) is 2. The van der Waals surface area contributed by atoms with Gasteiger partial charge in [0.1, 0.15) is 17.4 Å². The third kappa shape index (κ3) is 5.93. The van der Waals surface area contributed by atoms with E-state index < -0.39 is 0 Å². The van der Waals surface area contributed by atoms with Crippen LogP contribution in [0.3, 0.4) is 0 Å². The summed E-state index contributed by atoms with van der Waals surface area (Å²) in [5.74, 6) is 0.301. The van der Waals surface area contributed by atoms with Gasteiger partial charge in [0.2, 0.25) is 0 Å². The lowest BCUT2D eigenvalue weighted by atomic mass is 9.94. The summed E-state index contributed by atoms with van der Waals surface area (Å²) in [6.45, 7) is 1.03. The fourth-order valence-electron chi connectivity index (χ4n) is 4.23. The van der Waals surface area contributed by atoms with Crippen LogP contribution < -0.4 is 10.5 Å². The molecule has 2 N–H and O–H groups in total. The first-order valence-corrected chi connectivity index (χ1v) is 11.2. The molecule has 0 heterocycles. The van der Waals surface area contributed by atoms with Gasteiger partial charge < -0.3 is 15.2 Å². The zero-order chi connectivity index (χ0) is 22.3. The van der Waals surface area contributed by atoms with Crippen molar-refractivity contribution in [3.8, 4) is 16.9 Å². The van der Waals surface area contributed by atoms with E-state index in [0.717, 1.165) is 60.1 Å². The smallest absolute Gasteiger partial charge is 0.123 e. The molecule has 0 bridgehead atoms. The maximum Gasteiger partial charge on any atom is 0.123 e. The maximum atomic E-state index is 13.8. The minimum Gasteiger partial charge on any atom is -0.490 e. The van der Waals surface area contributed by atoms with Crippen molar-refractivity contribution in [3.63, 3.8) is 0 Å². The molecule has 0 aliphatic heterocycles. The molecule has 32 heavy (non-hydrogen) atoms. The first-order chi connectivity index (χ1) is 15.6. The molecule has 1 saturated carbocycles. The molecule has 0 amide bonds. The standard InChI is InChI=1S/C27H29F2NO2/c28-22-7-4-19(5-8-22)18-31-24-10-12-25(13-11-24)32-26-9-6-20(14-15-30)27(17-26)21-2-1-3-23(29)16-21/h1-9,16-17,24-25H,10-15,18,30H2. The lowest BCUT2D eigenvalue weighted by molar-refractivity contribution is -0.00663. The minimum atomic E-state index is -0.258. The molecule has 3 nitrogen and oxygen atoms in total. The van der Waals surface area contributed by atoms with Gasteiger partial charge in [-0.25, -0.2) is 8.78 Å². The number of benzene rings is 3. The number of rotatable bonds is 8. The summed E-state index contributed by atoms with van der Waals surface area (Å²) in [5, 5.41) is 0. The van der Waals surface area contributed by atoms with Gasteiger partial charge in [-0.3, -0.25) is 0 Å². The van der Waals surface area contributed by atoms with Crippen LogP contribution in [0.25, 0.3) is 11.1 Å². The van der Waals surface area contributed by atoms with Gasteiger partial charge in [0.05, 0.1) is 18.8 Å². The van der Waals surface area contributed by atoms with E-state index in [1.807, 2.05) is 24.3 Å². The Morgan fingerprint density at radius 3 is 2.28 bits per heavy atom. The molecule has 1 fully saturated rings. The second-order valence-electron chi connectivity index (χ2n) is 8.32. The molecule has 4 rings (SSSR count). The summed E-state index contributed by atoms with van der Waals surface area (Å²) in [5.41, 5.74) is 9.63. The number of nitrogens with two attached hydrogens (primary N) is 1. The summed E-state index contributed by atoms with van der Waals surface area (Å²) in [4.78, 5) is 0. The molecule has 168 valence electrons. The normalized spacial score (nSPS) is 18.5. The average molecular weight is 438 g/mol. The molecule has 0 radical (unpaired) electrons. The van der Waals surface area contributed by atoms with Crippen molar-refractivity contribution < 1.29 is 18.3 Å². The molecule has 1 aliphatic rings. The summed E-state index contributed by atoms with van der Waals surface area (Å²) < 4.78 is 39.1. The van der Waals surface area contributed by atoms with E-state index in [-0.39, 0.29) is 23.8 Å². The summed E-state index contributed by atoms with van der Waals surface area (Å²) >= 11 is 0. The number of halogens is 2. The van der Waals surface area contributed by atoms with Crippen LogP contribution in [0.2, 0.25) is 0 Å². The molecule has 0 spiro atoms. The molecule has 0 atom stereocenters.